The quantitative estimate of drug-likeness (QED) is 0.264. The van der Waals surface area contributed by atoms with E-state index in [9.17, 15) is 14.4 Å². The lowest BCUT2D eigenvalue weighted by atomic mass is 9.69. The molecule has 10 nitrogen and oxygen atoms in total. The van der Waals surface area contributed by atoms with Crippen molar-refractivity contribution in [1.82, 2.24) is 29.6 Å². The van der Waals surface area contributed by atoms with Crippen molar-refractivity contribution in [2.24, 2.45) is 0 Å². The molecule has 1 N–H and O–H groups in total. The number of nitrogens with zero attached hydrogens (tertiary/aromatic N) is 5. The molecule has 290 valence electrons. The molecule has 0 radical (unpaired) electrons. The summed E-state index contributed by atoms with van der Waals surface area (Å²) in [7, 11) is 0. The van der Waals surface area contributed by atoms with Crippen molar-refractivity contribution in [3.8, 4) is 11.4 Å². The zero-order valence-corrected chi connectivity index (χ0v) is 32.7. The van der Waals surface area contributed by atoms with Crippen LogP contribution in [0.5, 0.6) is 5.75 Å². The molecule has 2 spiro atoms. The first kappa shape index (κ1) is 35.0. The molecule has 11 rings (SSSR count). The van der Waals surface area contributed by atoms with E-state index in [1.165, 1.54) is 28.8 Å². The fraction of sp³-hybridized carbons (Fsp3) is 0.511. The predicted molar refractivity (Wildman–Crippen MR) is 215 cm³/mol. The Kier molecular flexibility index (Phi) is 8.21. The fourth-order valence-corrected chi connectivity index (χ4v) is 11.9. The minimum atomic E-state index is -0.215. The molecule has 2 amide bonds. The number of hydrogen-bond donors (Lipinski definition) is 1. The maximum absolute atomic E-state index is 13.4. The minimum absolute atomic E-state index is 0.0173. The van der Waals surface area contributed by atoms with Gasteiger partial charge in [0.25, 0.3) is 11.5 Å². The first-order valence-corrected chi connectivity index (χ1v) is 21.4. The van der Waals surface area contributed by atoms with Crippen LogP contribution < -0.4 is 15.6 Å². The highest BCUT2D eigenvalue weighted by Crippen LogP contribution is 2.53. The molecule has 1 aromatic heterocycles. The monoisotopic (exact) mass is 772 g/mol. The van der Waals surface area contributed by atoms with Gasteiger partial charge in [0.05, 0.1) is 33.6 Å². The lowest BCUT2D eigenvalue weighted by Crippen LogP contribution is -2.61. The summed E-state index contributed by atoms with van der Waals surface area (Å²) in [5, 5.41) is 3.91. The maximum atomic E-state index is 13.4. The summed E-state index contributed by atoms with van der Waals surface area (Å²) in [5.74, 6) is 2.55. The standard InChI is InChI=1S/C45H49ClN6O4/c46-35-5-4-6-36-39(35)42(55)48-43-45(14-2-1-3-15-45)33-9-7-29(23-37(33)52(36)43)28-11-19-50(20-12-28)30-25-49(26-30)18-13-38(53)51-21-16-44(17-22-51)27-56-40-32-24-47-41(54)31(32)8-10-34(40)44/h4-10,23,28,30H,1-3,11-22,24-27H2,(H,47,54). The smallest absolute Gasteiger partial charge is 0.282 e. The molecule has 4 aromatic rings. The molecule has 7 heterocycles. The number of fused-ring (bicyclic) bond motifs is 11. The minimum Gasteiger partial charge on any atom is -0.492 e. The molecule has 4 fully saturated rings. The van der Waals surface area contributed by atoms with Gasteiger partial charge in [-0.15, -0.1) is 0 Å². The van der Waals surface area contributed by atoms with E-state index in [1.807, 2.05) is 18.2 Å². The van der Waals surface area contributed by atoms with Gasteiger partial charge in [-0.1, -0.05) is 55.1 Å². The highest BCUT2D eigenvalue weighted by molar-refractivity contribution is 6.35. The normalized spacial score (nSPS) is 22.8. The predicted octanol–water partition coefficient (Wildman–Crippen LogP) is 6.05. The first-order valence-electron chi connectivity index (χ1n) is 21.0. The van der Waals surface area contributed by atoms with Crippen molar-refractivity contribution in [1.29, 1.82) is 0 Å². The number of hydrogen-bond acceptors (Lipinski definition) is 7. The van der Waals surface area contributed by atoms with Gasteiger partial charge in [0.2, 0.25) is 5.91 Å². The van der Waals surface area contributed by atoms with Crippen molar-refractivity contribution in [3.05, 3.63) is 97.5 Å². The number of aromatic nitrogens is 2. The van der Waals surface area contributed by atoms with E-state index in [4.69, 9.17) is 21.3 Å². The number of nitrogens with one attached hydrogen (secondary N) is 1. The van der Waals surface area contributed by atoms with Crippen LogP contribution >= 0.6 is 11.6 Å². The molecule has 11 heteroatoms. The van der Waals surface area contributed by atoms with Gasteiger partial charge in [0.1, 0.15) is 11.6 Å². The van der Waals surface area contributed by atoms with Crippen LogP contribution in [0.2, 0.25) is 5.02 Å². The van der Waals surface area contributed by atoms with Gasteiger partial charge < -0.3 is 15.0 Å². The van der Waals surface area contributed by atoms with Crippen LogP contribution in [0.25, 0.3) is 16.6 Å². The zero-order chi connectivity index (χ0) is 37.8. The van der Waals surface area contributed by atoms with E-state index in [-0.39, 0.29) is 28.2 Å². The number of likely N-dealkylation sites (tertiary alicyclic amines) is 3. The molecular weight excluding hydrogens is 724 g/mol. The summed E-state index contributed by atoms with van der Waals surface area (Å²) in [6.45, 7) is 7.76. The molecule has 6 aliphatic heterocycles. The molecule has 1 aliphatic carbocycles. The summed E-state index contributed by atoms with van der Waals surface area (Å²) < 4.78 is 8.49. The Morgan fingerprint density at radius 3 is 2.52 bits per heavy atom. The molecule has 7 aliphatic rings. The Morgan fingerprint density at radius 2 is 1.71 bits per heavy atom. The van der Waals surface area contributed by atoms with E-state index in [0.717, 1.165) is 125 Å². The first-order chi connectivity index (χ1) is 27.3. The Morgan fingerprint density at radius 1 is 0.929 bits per heavy atom. The SMILES string of the molecule is O=C1NCc2c1ccc1c2OCC12CCN(C(=O)CCN1CC(N3CCC(c4ccc5c(c4)-n4c(nc(=O)c6c(Cl)cccc64)C54CCCCC4)CC3)C1)CC2. The van der Waals surface area contributed by atoms with E-state index in [2.05, 4.69) is 48.8 Å². The van der Waals surface area contributed by atoms with E-state index < -0.39 is 0 Å². The van der Waals surface area contributed by atoms with Gasteiger partial charge in [-0.2, -0.15) is 4.98 Å². The Bertz CT molecular complexity index is 2350. The molecule has 3 aromatic carbocycles. The maximum Gasteiger partial charge on any atom is 0.282 e. The Hall–Kier alpha value is -4.25. The topological polar surface area (TPSA) is 100 Å². The van der Waals surface area contributed by atoms with Crippen LogP contribution in [-0.4, -0.2) is 94.5 Å². The van der Waals surface area contributed by atoms with Gasteiger partial charge in [-0.25, -0.2) is 0 Å². The van der Waals surface area contributed by atoms with Gasteiger partial charge in [-0.05, 0) is 92.9 Å². The lowest BCUT2D eigenvalue weighted by molar-refractivity contribution is -0.133. The van der Waals surface area contributed by atoms with Crippen molar-refractivity contribution in [2.75, 3.05) is 52.4 Å². The number of carbonyl (C=O) groups excluding carboxylic acids is 2. The van der Waals surface area contributed by atoms with Crippen LogP contribution in [0.1, 0.15) is 109 Å². The fourth-order valence-electron chi connectivity index (χ4n) is 11.7. The number of amides is 2. The molecule has 56 heavy (non-hydrogen) atoms. The average Bonchev–Trinajstić information content (AvgIpc) is 3.84. The van der Waals surface area contributed by atoms with Gasteiger partial charge >= 0.3 is 0 Å². The third kappa shape index (κ3) is 5.27. The van der Waals surface area contributed by atoms with Crippen LogP contribution in [0, 0.1) is 0 Å². The molecule has 0 atom stereocenters. The Labute approximate surface area is 332 Å². The number of ether oxygens (including phenoxy) is 1. The number of rotatable bonds is 5. The van der Waals surface area contributed by atoms with Gasteiger partial charge in [-0.3, -0.25) is 28.8 Å². The molecule has 1 saturated carbocycles. The summed E-state index contributed by atoms with van der Waals surface area (Å²) >= 11 is 6.61. The van der Waals surface area contributed by atoms with Crippen LogP contribution in [0.3, 0.4) is 0 Å². The lowest BCUT2D eigenvalue weighted by Gasteiger charge is -2.48. The second-order valence-electron chi connectivity index (χ2n) is 17.7. The highest BCUT2D eigenvalue weighted by Gasteiger charge is 2.48. The van der Waals surface area contributed by atoms with Gasteiger partial charge in [0, 0.05) is 73.8 Å². The highest BCUT2D eigenvalue weighted by atomic mass is 35.5. The van der Waals surface area contributed by atoms with E-state index >= 15 is 0 Å². The number of halogens is 1. The number of carbonyl (C=O) groups is 2. The number of piperidine rings is 2. The van der Waals surface area contributed by atoms with Crippen molar-refractivity contribution >= 4 is 34.3 Å². The second kappa shape index (κ2) is 13.1. The van der Waals surface area contributed by atoms with E-state index in [0.29, 0.717) is 41.9 Å². The summed E-state index contributed by atoms with van der Waals surface area (Å²) in [4.78, 5) is 50.8. The summed E-state index contributed by atoms with van der Waals surface area (Å²) in [6, 6.07) is 17.5. The molecule has 0 unspecified atom stereocenters. The van der Waals surface area contributed by atoms with Crippen LogP contribution in [0.15, 0.2) is 53.3 Å². The summed E-state index contributed by atoms with van der Waals surface area (Å²) in [5.41, 5.74) is 7.24. The van der Waals surface area contributed by atoms with Crippen molar-refractivity contribution in [3.63, 3.8) is 0 Å². The third-order valence-electron chi connectivity index (χ3n) is 14.9. The number of benzene rings is 3. The second-order valence-corrected chi connectivity index (χ2v) is 18.1. The van der Waals surface area contributed by atoms with E-state index in [1.54, 1.807) is 6.07 Å². The zero-order valence-electron chi connectivity index (χ0n) is 32.0. The van der Waals surface area contributed by atoms with Crippen molar-refractivity contribution in [2.45, 2.75) is 93.5 Å². The van der Waals surface area contributed by atoms with Crippen molar-refractivity contribution < 1.29 is 14.3 Å². The Balaban J connectivity index is 0.697. The average molecular weight is 773 g/mol. The molecule has 0 bridgehead atoms. The summed E-state index contributed by atoms with van der Waals surface area (Å²) in [6.07, 6.45) is 10.2. The largest absolute Gasteiger partial charge is 0.492 e. The third-order valence-corrected chi connectivity index (χ3v) is 15.3. The molecular formula is C45H49ClN6O4. The molecule has 3 saturated heterocycles. The van der Waals surface area contributed by atoms with Gasteiger partial charge in [0.15, 0.2) is 0 Å². The van der Waals surface area contributed by atoms with Crippen LogP contribution in [0.4, 0.5) is 0 Å². The van der Waals surface area contributed by atoms with Crippen LogP contribution in [-0.2, 0) is 22.2 Å².